The summed E-state index contributed by atoms with van der Waals surface area (Å²) < 4.78 is 0. The second-order valence-corrected chi connectivity index (χ2v) is 5.52. The number of ketones is 1. The minimum Gasteiger partial charge on any atom is -0.316 e. The van der Waals surface area contributed by atoms with Crippen LogP contribution in [0, 0.1) is 5.92 Å². The highest BCUT2D eigenvalue weighted by molar-refractivity contribution is 5.79. The van der Waals surface area contributed by atoms with Gasteiger partial charge < -0.3 is 5.32 Å². The first-order chi connectivity index (χ1) is 8.25. The van der Waals surface area contributed by atoms with Gasteiger partial charge in [0, 0.05) is 12.0 Å². The predicted molar refractivity (Wildman–Crippen MR) is 73.2 cm³/mol. The quantitative estimate of drug-likeness (QED) is 0.796. The van der Waals surface area contributed by atoms with Crippen LogP contribution in [-0.2, 0) is 4.79 Å². The fourth-order valence-corrected chi connectivity index (χ4v) is 3.02. The molecule has 1 saturated carbocycles. The topological polar surface area (TPSA) is 29.1 Å². The van der Waals surface area contributed by atoms with Crippen LogP contribution in [0.2, 0.25) is 0 Å². The lowest BCUT2D eigenvalue weighted by Gasteiger charge is -2.25. The minimum atomic E-state index is 0.249. The van der Waals surface area contributed by atoms with Crippen LogP contribution in [0.3, 0.4) is 0 Å². The highest BCUT2D eigenvalue weighted by Crippen LogP contribution is 2.22. The molecular formula is C15H29NO. The van der Waals surface area contributed by atoms with Crippen molar-refractivity contribution in [1.29, 1.82) is 0 Å². The number of rotatable bonds is 2. The van der Waals surface area contributed by atoms with Crippen molar-refractivity contribution in [2.75, 3.05) is 7.05 Å². The Bertz CT molecular complexity index is 215. The Morgan fingerprint density at radius 2 is 1.35 bits per heavy atom. The Morgan fingerprint density at radius 3 is 1.82 bits per heavy atom. The molecule has 1 N–H and O–H groups in total. The first-order valence-corrected chi connectivity index (χ1v) is 7.43. The van der Waals surface area contributed by atoms with Gasteiger partial charge in [0.2, 0.25) is 0 Å². The largest absolute Gasteiger partial charge is 0.316 e. The molecule has 0 aromatic carbocycles. The van der Waals surface area contributed by atoms with E-state index in [2.05, 4.69) is 5.32 Å². The third kappa shape index (κ3) is 5.67. The Morgan fingerprint density at radius 1 is 0.882 bits per heavy atom. The smallest absolute Gasteiger partial charge is 0.134 e. The molecule has 17 heavy (non-hydrogen) atoms. The van der Waals surface area contributed by atoms with Gasteiger partial charge in [-0.05, 0) is 26.8 Å². The monoisotopic (exact) mass is 239 g/mol. The maximum Gasteiger partial charge on any atom is 0.134 e. The summed E-state index contributed by atoms with van der Waals surface area (Å²) in [6.07, 6.45) is 12.9. The van der Waals surface area contributed by atoms with Gasteiger partial charge in [-0.15, -0.1) is 0 Å². The molecule has 0 aromatic rings. The van der Waals surface area contributed by atoms with Crippen molar-refractivity contribution in [3.05, 3.63) is 0 Å². The summed E-state index contributed by atoms with van der Waals surface area (Å²) in [4.78, 5) is 11.7. The fourth-order valence-electron chi connectivity index (χ4n) is 3.02. The Labute approximate surface area is 107 Å². The molecule has 0 aliphatic heterocycles. The average molecular weight is 239 g/mol. The lowest BCUT2D eigenvalue weighted by atomic mass is 9.86. The molecule has 0 saturated heterocycles. The summed E-state index contributed by atoms with van der Waals surface area (Å²) in [6.45, 7) is 1.76. The van der Waals surface area contributed by atoms with Gasteiger partial charge in [0.25, 0.3) is 0 Å². The second kappa shape index (κ2) is 8.68. The summed E-state index contributed by atoms with van der Waals surface area (Å²) in [5.41, 5.74) is 0. The van der Waals surface area contributed by atoms with Crippen molar-refractivity contribution in [3.63, 3.8) is 0 Å². The van der Waals surface area contributed by atoms with Crippen LogP contribution < -0.4 is 5.32 Å². The normalized spacial score (nSPS) is 29.1. The van der Waals surface area contributed by atoms with E-state index >= 15 is 0 Å². The van der Waals surface area contributed by atoms with E-state index in [-0.39, 0.29) is 5.92 Å². The lowest BCUT2D eigenvalue weighted by molar-refractivity contribution is -0.121. The van der Waals surface area contributed by atoms with Gasteiger partial charge >= 0.3 is 0 Å². The minimum absolute atomic E-state index is 0.249. The summed E-state index contributed by atoms with van der Waals surface area (Å²) in [5, 5.41) is 3.37. The molecule has 0 aromatic heterocycles. The van der Waals surface area contributed by atoms with Gasteiger partial charge in [-0.25, -0.2) is 0 Å². The van der Waals surface area contributed by atoms with E-state index in [1.54, 1.807) is 6.92 Å². The zero-order chi connectivity index (χ0) is 12.5. The lowest BCUT2D eigenvalue weighted by Crippen LogP contribution is -2.37. The van der Waals surface area contributed by atoms with Gasteiger partial charge in [-0.1, -0.05) is 51.4 Å². The van der Waals surface area contributed by atoms with Gasteiger partial charge in [0.1, 0.15) is 5.78 Å². The van der Waals surface area contributed by atoms with Crippen molar-refractivity contribution in [1.82, 2.24) is 5.32 Å². The Balaban J connectivity index is 2.51. The number of carbonyl (C=O) groups is 1. The molecule has 1 rings (SSSR count). The highest BCUT2D eigenvalue weighted by atomic mass is 16.1. The highest BCUT2D eigenvalue weighted by Gasteiger charge is 2.23. The Kier molecular flexibility index (Phi) is 7.50. The number of carbonyl (C=O) groups excluding carboxylic acids is 1. The summed E-state index contributed by atoms with van der Waals surface area (Å²) in [6, 6.07) is 0.409. The van der Waals surface area contributed by atoms with E-state index in [0.29, 0.717) is 11.8 Å². The first kappa shape index (κ1) is 14.7. The molecule has 1 aliphatic rings. The fraction of sp³-hybridized carbons (Fsp3) is 0.933. The van der Waals surface area contributed by atoms with Crippen molar-refractivity contribution in [2.24, 2.45) is 5.92 Å². The third-order valence-electron chi connectivity index (χ3n) is 4.16. The van der Waals surface area contributed by atoms with E-state index in [1.807, 2.05) is 7.05 Å². The summed E-state index contributed by atoms with van der Waals surface area (Å²) in [7, 11) is 2.01. The molecule has 1 fully saturated rings. The van der Waals surface area contributed by atoms with Crippen LogP contribution >= 0.6 is 0 Å². The van der Waals surface area contributed by atoms with Crippen molar-refractivity contribution < 1.29 is 4.79 Å². The number of Topliss-reactive ketones (excluding diaryl/α,β-unsaturated/α-hetero) is 1. The predicted octanol–water partition coefficient (Wildman–Crippen LogP) is 3.69. The molecule has 2 atom stereocenters. The molecule has 0 heterocycles. The van der Waals surface area contributed by atoms with Crippen LogP contribution in [0.1, 0.15) is 71.1 Å². The number of hydrogen-bond acceptors (Lipinski definition) is 2. The van der Waals surface area contributed by atoms with Crippen molar-refractivity contribution >= 4 is 5.78 Å². The molecule has 2 heteroatoms. The molecule has 0 radical (unpaired) electrons. The number of hydrogen-bond donors (Lipinski definition) is 1. The molecular weight excluding hydrogens is 210 g/mol. The van der Waals surface area contributed by atoms with E-state index in [0.717, 1.165) is 6.42 Å². The van der Waals surface area contributed by atoms with Gasteiger partial charge in [-0.2, -0.15) is 0 Å². The molecule has 0 bridgehead atoms. The molecule has 1 unspecified atom stereocenters. The maximum absolute atomic E-state index is 11.7. The summed E-state index contributed by atoms with van der Waals surface area (Å²) >= 11 is 0. The van der Waals surface area contributed by atoms with Crippen LogP contribution in [0.15, 0.2) is 0 Å². The third-order valence-corrected chi connectivity index (χ3v) is 4.16. The standard InChI is InChI=1S/C15H29NO/c1-13(17)14-11-9-7-5-3-4-6-8-10-12-15(14)16-2/h14-16H,3-12H2,1-2H3/t14?,15-/m1/s1. The molecule has 1 aliphatic carbocycles. The Hall–Kier alpha value is -0.370. The van der Waals surface area contributed by atoms with Gasteiger partial charge in [0.15, 0.2) is 0 Å². The first-order valence-electron chi connectivity index (χ1n) is 7.43. The van der Waals surface area contributed by atoms with E-state index in [1.165, 1.54) is 57.8 Å². The maximum atomic E-state index is 11.7. The second-order valence-electron chi connectivity index (χ2n) is 5.52. The molecule has 0 amide bonds. The summed E-state index contributed by atoms with van der Waals surface area (Å²) in [5.74, 6) is 0.626. The zero-order valence-corrected chi connectivity index (χ0v) is 11.6. The van der Waals surface area contributed by atoms with Crippen LogP contribution in [-0.4, -0.2) is 18.9 Å². The van der Waals surface area contributed by atoms with Crippen LogP contribution in [0.4, 0.5) is 0 Å². The van der Waals surface area contributed by atoms with Gasteiger partial charge in [-0.3, -0.25) is 4.79 Å². The molecule has 100 valence electrons. The average Bonchev–Trinajstić information content (AvgIpc) is 2.29. The van der Waals surface area contributed by atoms with Crippen molar-refractivity contribution in [2.45, 2.75) is 77.2 Å². The number of nitrogens with one attached hydrogen (secondary N) is 1. The van der Waals surface area contributed by atoms with E-state index < -0.39 is 0 Å². The molecule has 0 spiro atoms. The van der Waals surface area contributed by atoms with Gasteiger partial charge in [0.05, 0.1) is 0 Å². The van der Waals surface area contributed by atoms with E-state index in [9.17, 15) is 4.79 Å². The SMILES string of the molecule is CN[C@@H]1CCCCCCCCCCC1C(C)=O. The van der Waals surface area contributed by atoms with Crippen LogP contribution in [0.5, 0.6) is 0 Å². The zero-order valence-electron chi connectivity index (χ0n) is 11.6. The van der Waals surface area contributed by atoms with E-state index in [4.69, 9.17) is 0 Å². The van der Waals surface area contributed by atoms with Crippen LogP contribution in [0.25, 0.3) is 0 Å². The molecule has 2 nitrogen and oxygen atoms in total. The van der Waals surface area contributed by atoms with Crippen molar-refractivity contribution in [3.8, 4) is 0 Å².